The first-order valence-electron chi connectivity index (χ1n) is 4.12. The maximum absolute atomic E-state index is 5.66. The van der Waals surface area contributed by atoms with Crippen molar-refractivity contribution in [3.05, 3.63) is 28.2 Å². The molecule has 0 aliphatic rings. The normalized spacial score (nSPS) is 10.2. The number of unbranched alkanes of at least 4 members (excludes halogenated alkanes) is 1. The zero-order valence-electron chi connectivity index (χ0n) is 7.33. The summed E-state index contributed by atoms with van der Waals surface area (Å²) >= 11 is 7.12. The van der Waals surface area contributed by atoms with Crippen LogP contribution in [0, 0.1) is 0 Å². The van der Waals surface area contributed by atoms with E-state index in [-0.39, 0.29) is 0 Å². The van der Waals surface area contributed by atoms with Gasteiger partial charge in [-0.2, -0.15) is 0 Å². The minimum absolute atomic E-state index is 0.574. The Balaban J connectivity index is 2.09. The van der Waals surface area contributed by atoms with Crippen LogP contribution in [0.3, 0.4) is 0 Å². The zero-order valence-corrected chi connectivity index (χ0v) is 8.90. The van der Waals surface area contributed by atoms with Crippen molar-refractivity contribution in [3.8, 4) is 0 Å². The van der Waals surface area contributed by atoms with E-state index in [1.54, 1.807) is 6.20 Å². The number of hydrogen-bond donors (Lipinski definition) is 0. The first-order valence-corrected chi connectivity index (χ1v) is 5.31. The lowest BCUT2D eigenvalue weighted by Crippen LogP contribution is -1.92. The van der Waals surface area contributed by atoms with Crippen LogP contribution in [0.4, 0.5) is 0 Å². The average molecular weight is 218 g/mol. The molecule has 0 aromatic carbocycles. The van der Waals surface area contributed by atoms with E-state index in [0.29, 0.717) is 11.1 Å². The first kappa shape index (κ1) is 10.7. The predicted octanol–water partition coefficient (Wildman–Crippen LogP) is 3.28. The summed E-state index contributed by atoms with van der Waals surface area (Å²) in [6.45, 7) is 5.02. The molecule has 0 saturated carbocycles. The van der Waals surface area contributed by atoms with Gasteiger partial charge in [0, 0.05) is 12.8 Å². The molecule has 1 aromatic rings. The maximum Gasteiger partial charge on any atom is 0.183 e. The van der Waals surface area contributed by atoms with Crippen LogP contribution in [0.2, 0.25) is 4.47 Å². The second-order valence-electron chi connectivity index (χ2n) is 2.56. The minimum Gasteiger partial charge on any atom is -0.376 e. The van der Waals surface area contributed by atoms with Crippen LogP contribution in [0.5, 0.6) is 0 Å². The fraction of sp³-hybridized carbons (Fsp3) is 0.444. The topological polar surface area (TPSA) is 22.1 Å². The Labute approximate surface area is 87.2 Å². The Morgan fingerprint density at radius 2 is 2.54 bits per heavy atom. The number of thiazole rings is 1. The lowest BCUT2D eigenvalue weighted by molar-refractivity contribution is 0.121. The third-order valence-electron chi connectivity index (χ3n) is 1.47. The SMILES string of the molecule is C=CCCCOCc1cnc(Cl)s1. The summed E-state index contributed by atoms with van der Waals surface area (Å²) < 4.78 is 5.97. The Kier molecular flexibility index (Phi) is 5.05. The highest BCUT2D eigenvalue weighted by Crippen LogP contribution is 2.18. The van der Waals surface area contributed by atoms with Gasteiger partial charge in [-0.05, 0) is 12.8 Å². The molecule has 1 rings (SSSR count). The summed E-state index contributed by atoms with van der Waals surface area (Å²) in [4.78, 5) is 4.99. The summed E-state index contributed by atoms with van der Waals surface area (Å²) in [5.74, 6) is 0. The van der Waals surface area contributed by atoms with Gasteiger partial charge in [0.25, 0.3) is 0 Å². The molecule has 0 aliphatic carbocycles. The Bertz CT molecular complexity index is 262. The number of halogens is 1. The van der Waals surface area contributed by atoms with Gasteiger partial charge in [-0.25, -0.2) is 4.98 Å². The molecule has 2 nitrogen and oxygen atoms in total. The van der Waals surface area contributed by atoms with E-state index in [9.17, 15) is 0 Å². The summed E-state index contributed by atoms with van der Waals surface area (Å²) in [6.07, 6.45) is 5.67. The molecule has 1 heterocycles. The van der Waals surface area contributed by atoms with Crippen LogP contribution in [0.15, 0.2) is 18.9 Å². The largest absolute Gasteiger partial charge is 0.376 e. The van der Waals surface area contributed by atoms with Crippen LogP contribution in [0.25, 0.3) is 0 Å². The van der Waals surface area contributed by atoms with Gasteiger partial charge in [-0.3, -0.25) is 0 Å². The number of ether oxygens (including phenoxy) is 1. The standard InChI is InChI=1S/C9H12ClNOS/c1-2-3-4-5-12-7-8-6-11-9(10)13-8/h2,6H,1,3-5,7H2. The Morgan fingerprint density at radius 3 is 3.15 bits per heavy atom. The summed E-state index contributed by atoms with van der Waals surface area (Å²) in [5, 5.41) is 0. The van der Waals surface area contributed by atoms with Gasteiger partial charge in [-0.1, -0.05) is 17.7 Å². The number of allylic oxidation sites excluding steroid dienone is 1. The molecule has 0 aliphatic heterocycles. The lowest BCUT2D eigenvalue weighted by atomic mass is 10.3. The molecule has 13 heavy (non-hydrogen) atoms. The second-order valence-corrected chi connectivity index (χ2v) is 4.26. The molecular weight excluding hydrogens is 206 g/mol. The number of hydrogen-bond acceptors (Lipinski definition) is 3. The van der Waals surface area contributed by atoms with Crippen LogP contribution in [-0.2, 0) is 11.3 Å². The van der Waals surface area contributed by atoms with Crippen LogP contribution < -0.4 is 0 Å². The summed E-state index contributed by atoms with van der Waals surface area (Å²) in [6, 6.07) is 0. The van der Waals surface area contributed by atoms with Gasteiger partial charge in [0.2, 0.25) is 0 Å². The zero-order chi connectivity index (χ0) is 9.52. The summed E-state index contributed by atoms with van der Waals surface area (Å²) in [5.41, 5.74) is 0. The lowest BCUT2D eigenvalue weighted by Gasteiger charge is -1.99. The van der Waals surface area contributed by atoms with Gasteiger partial charge < -0.3 is 4.74 Å². The van der Waals surface area contributed by atoms with Crippen molar-refractivity contribution in [2.24, 2.45) is 0 Å². The maximum atomic E-state index is 5.66. The van der Waals surface area contributed by atoms with Gasteiger partial charge in [0.05, 0.1) is 11.5 Å². The van der Waals surface area contributed by atoms with Gasteiger partial charge in [-0.15, -0.1) is 17.9 Å². The van der Waals surface area contributed by atoms with Crippen LogP contribution >= 0.6 is 22.9 Å². The van der Waals surface area contributed by atoms with Crippen LogP contribution in [0.1, 0.15) is 17.7 Å². The number of aromatic nitrogens is 1. The molecule has 0 spiro atoms. The van der Waals surface area contributed by atoms with Gasteiger partial charge in [0.1, 0.15) is 0 Å². The highest BCUT2D eigenvalue weighted by atomic mass is 35.5. The molecule has 72 valence electrons. The number of rotatable bonds is 6. The fourth-order valence-corrected chi connectivity index (χ4v) is 1.77. The average Bonchev–Trinajstić information content (AvgIpc) is 2.51. The van der Waals surface area contributed by atoms with Crippen molar-refractivity contribution in [1.29, 1.82) is 0 Å². The van der Waals surface area contributed by atoms with Gasteiger partial charge >= 0.3 is 0 Å². The third-order valence-corrected chi connectivity index (χ3v) is 2.55. The quantitative estimate of drug-likeness (QED) is 0.539. The van der Waals surface area contributed by atoms with Gasteiger partial charge in [0.15, 0.2) is 4.47 Å². The van der Waals surface area contributed by atoms with E-state index in [4.69, 9.17) is 16.3 Å². The molecule has 0 fully saturated rings. The molecular formula is C9H12ClNOS. The third kappa shape index (κ3) is 4.41. The summed E-state index contributed by atoms with van der Waals surface area (Å²) in [7, 11) is 0. The van der Waals surface area contributed by atoms with Crippen molar-refractivity contribution in [3.63, 3.8) is 0 Å². The van der Waals surface area contributed by atoms with E-state index >= 15 is 0 Å². The van der Waals surface area contributed by atoms with Crippen molar-refractivity contribution >= 4 is 22.9 Å². The highest BCUT2D eigenvalue weighted by molar-refractivity contribution is 7.15. The van der Waals surface area contributed by atoms with E-state index < -0.39 is 0 Å². The van der Waals surface area contributed by atoms with Crippen molar-refractivity contribution < 1.29 is 4.74 Å². The van der Waals surface area contributed by atoms with E-state index in [0.717, 1.165) is 24.3 Å². The van der Waals surface area contributed by atoms with E-state index in [1.807, 2.05) is 6.08 Å². The first-order chi connectivity index (χ1) is 6.33. The van der Waals surface area contributed by atoms with Crippen LogP contribution in [-0.4, -0.2) is 11.6 Å². The second kappa shape index (κ2) is 6.13. The molecule has 0 N–H and O–H groups in total. The molecule has 4 heteroatoms. The Morgan fingerprint density at radius 1 is 1.69 bits per heavy atom. The highest BCUT2D eigenvalue weighted by Gasteiger charge is 1.98. The molecule has 0 atom stereocenters. The van der Waals surface area contributed by atoms with Crippen molar-refractivity contribution in [1.82, 2.24) is 4.98 Å². The Hall–Kier alpha value is -0.380. The monoisotopic (exact) mass is 217 g/mol. The van der Waals surface area contributed by atoms with Crippen molar-refractivity contribution in [2.75, 3.05) is 6.61 Å². The van der Waals surface area contributed by atoms with E-state index in [1.165, 1.54) is 11.3 Å². The molecule has 1 aromatic heterocycles. The molecule has 0 unspecified atom stereocenters. The molecule has 0 radical (unpaired) electrons. The smallest absolute Gasteiger partial charge is 0.183 e. The fourth-order valence-electron chi connectivity index (χ4n) is 0.853. The van der Waals surface area contributed by atoms with Crippen molar-refractivity contribution in [2.45, 2.75) is 19.4 Å². The molecule has 0 saturated heterocycles. The molecule has 0 amide bonds. The number of nitrogens with zero attached hydrogens (tertiary/aromatic N) is 1. The minimum atomic E-state index is 0.574. The molecule has 0 bridgehead atoms. The van der Waals surface area contributed by atoms with E-state index in [2.05, 4.69) is 11.6 Å². The predicted molar refractivity (Wildman–Crippen MR) is 56.2 cm³/mol.